The van der Waals surface area contributed by atoms with Crippen molar-refractivity contribution in [3.05, 3.63) is 17.5 Å². The molecule has 0 aliphatic rings. The highest BCUT2D eigenvalue weighted by atomic mass is 15.3. The van der Waals surface area contributed by atoms with Gasteiger partial charge in [0.1, 0.15) is 0 Å². The summed E-state index contributed by atoms with van der Waals surface area (Å²) in [7, 11) is 0. The molecular weight excluding hydrogens is 198 g/mol. The van der Waals surface area contributed by atoms with Crippen LogP contribution in [0.5, 0.6) is 0 Å². The molecule has 1 rings (SSSR count). The zero-order valence-corrected chi connectivity index (χ0v) is 11.4. The van der Waals surface area contributed by atoms with Crippen LogP contribution in [-0.4, -0.2) is 9.78 Å². The van der Waals surface area contributed by atoms with Crippen molar-refractivity contribution in [2.24, 2.45) is 11.7 Å². The third-order valence-corrected chi connectivity index (χ3v) is 2.51. The molecule has 92 valence electrons. The SMILES string of the molecule is CC(C)Cc1cc([C@H](C)N)n(C(C)(C)C)n1. The maximum atomic E-state index is 5.99. The van der Waals surface area contributed by atoms with Gasteiger partial charge in [0.25, 0.3) is 0 Å². The Kier molecular flexibility index (Phi) is 3.79. The molecule has 0 aliphatic carbocycles. The van der Waals surface area contributed by atoms with Gasteiger partial charge in [0.15, 0.2) is 0 Å². The van der Waals surface area contributed by atoms with Crippen molar-refractivity contribution >= 4 is 0 Å². The first-order valence-corrected chi connectivity index (χ1v) is 6.06. The van der Waals surface area contributed by atoms with Crippen molar-refractivity contribution in [1.82, 2.24) is 9.78 Å². The molecule has 3 heteroatoms. The molecule has 0 aliphatic heterocycles. The van der Waals surface area contributed by atoms with E-state index in [1.165, 1.54) is 0 Å². The van der Waals surface area contributed by atoms with Gasteiger partial charge < -0.3 is 5.73 Å². The number of nitrogens with zero attached hydrogens (tertiary/aromatic N) is 2. The predicted octanol–water partition coefficient (Wildman–Crippen LogP) is 2.86. The lowest BCUT2D eigenvalue weighted by molar-refractivity contribution is 0.335. The molecule has 1 heterocycles. The van der Waals surface area contributed by atoms with Crippen molar-refractivity contribution < 1.29 is 0 Å². The average Bonchev–Trinajstić information content (AvgIpc) is 2.45. The number of aromatic nitrogens is 2. The number of hydrogen-bond acceptors (Lipinski definition) is 2. The minimum atomic E-state index is -0.00179. The van der Waals surface area contributed by atoms with Crippen LogP contribution in [0.3, 0.4) is 0 Å². The third kappa shape index (κ3) is 3.08. The zero-order chi connectivity index (χ0) is 12.5. The van der Waals surface area contributed by atoms with Crippen LogP contribution >= 0.6 is 0 Å². The van der Waals surface area contributed by atoms with Gasteiger partial charge in [-0.05, 0) is 46.1 Å². The van der Waals surface area contributed by atoms with Crippen LogP contribution in [0.4, 0.5) is 0 Å². The Bertz CT molecular complexity index is 343. The molecule has 0 unspecified atom stereocenters. The van der Waals surface area contributed by atoms with Gasteiger partial charge in [-0.1, -0.05) is 13.8 Å². The largest absolute Gasteiger partial charge is 0.323 e. The number of rotatable bonds is 3. The monoisotopic (exact) mass is 223 g/mol. The lowest BCUT2D eigenvalue weighted by Gasteiger charge is -2.23. The molecule has 0 saturated heterocycles. The van der Waals surface area contributed by atoms with Gasteiger partial charge in [-0.25, -0.2) is 0 Å². The van der Waals surface area contributed by atoms with Gasteiger partial charge >= 0.3 is 0 Å². The Morgan fingerprint density at radius 3 is 2.19 bits per heavy atom. The third-order valence-electron chi connectivity index (χ3n) is 2.51. The zero-order valence-electron chi connectivity index (χ0n) is 11.4. The van der Waals surface area contributed by atoms with Gasteiger partial charge in [-0.2, -0.15) is 5.10 Å². The predicted molar refractivity (Wildman–Crippen MR) is 68.4 cm³/mol. The van der Waals surface area contributed by atoms with Crippen LogP contribution in [0.15, 0.2) is 6.07 Å². The minimum Gasteiger partial charge on any atom is -0.323 e. The molecule has 0 fully saturated rings. The van der Waals surface area contributed by atoms with Crippen molar-refractivity contribution in [3.8, 4) is 0 Å². The number of hydrogen-bond donors (Lipinski definition) is 1. The molecule has 0 spiro atoms. The van der Waals surface area contributed by atoms with E-state index >= 15 is 0 Å². The molecule has 0 bridgehead atoms. The molecule has 1 atom stereocenters. The quantitative estimate of drug-likeness (QED) is 0.856. The lowest BCUT2D eigenvalue weighted by atomic mass is 10.1. The van der Waals surface area contributed by atoms with Gasteiger partial charge in [0, 0.05) is 6.04 Å². The van der Waals surface area contributed by atoms with E-state index in [-0.39, 0.29) is 11.6 Å². The van der Waals surface area contributed by atoms with Crippen molar-refractivity contribution in [2.75, 3.05) is 0 Å². The van der Waals surface area contributed by atoms with Crippen molar-refractivity contribution in [3.63, 3.8) is 0 Å². The molecule has 0 amide bonds. The molecule has 0 radical (unpaired) electrons. The van der Waals surface area contributed by atoms with E-state index in [2.05, 4.69) is 50.5 Å². The fraction of sp³-hybridized carbons (Fsp3) is 0.769. The lowest BCUT2D eigenvalue weighted by Crippen LogP contribution is -2.27. The van der Waals surface area contributed by atoms with E-state index in [1.54, 1.807) is 0 Å². The Hall–Kier alpha value is -0.830. The summed E-state index contributed by atoms with van der Waals surface area (Å²) < 4.78 is 2.06. The van der Waals surface area contributed by atoms with Gasteiger partial charge in [-0.3, -0.25) is 4.68 Å². The normalized spacial score (nSPS) is 14.5. The highest BCUT2D eigenvalue weighted by Crippen LogP contribution is 2.22. The molecule has 1 aromatic rings. The molecule has 0 aromatic carbocycles. The van der Waals surface area contributed by atoms with Crippen LogP contribution < -0.4 is 5.73 Å². The smallest absolute Gasteiger partial charge is 0.0630 e. The first-order chi connectivity index (χ1) is 7.21. The summed E-state index contributed by atoms with van der Waals surface area (Å²) in [4.78, 5) is 0. The van der Waals surface area contributed by atoms with E-state index < -0.39 is 0 Å². The second-order valence-electron chi connectivity index (χ2n) is 6.03. The van der Waals surface area contributed by atoms with E-state index in [0.29, 0.717) is 5.92 Å². The van der Waals surface area contributed by atoms with Crippen LogP contribution in [-0.2, 0) is 12.0 Å². The van der Waals surface area contributed by atoms with E-state index in [0.717, 1.165) is 17.8 Å². The minimum absolute atomic E-state index is 0.00179. The Morgan fingerprint density at radius 1 is 1.31 bits per heavy atom. The molecular formula is C13H25N3. The highest BCUT2D eigenvalue weighted by Gasteiger charge is 2.21. The van der Waals surface area contributed by atoms with E-state index in [4.69, 9.17) is 5.73 Å². The topological polar surface area (TPSA) is 43.8 Å². The van der Waals surface area contributed by atoms with Crippen LogP contribution in [0.2, 0.25) is 0 Å². The molecule has 0 saturated carbocycles. The van der Waals surface area contributed by atoms with Gasteiger partial charge in [0.2, 0.25) is 0 Å². The highest BCUT2D eigenvalue weighted by molar-refractivity contribution is 5.15. The summed E-state index contributed by atoms with van der Waals surface area (Å²) in [6, 6.07) is 2.18. The standard InChI is InChI=1S/C13H25N3/c1-9(2)7-11-8-12(10(3)14)16(15-11)13(4,5)6/h8-10H,7,14H2,1-6H3/t10-/m0/s1. The fourth-order valence-electron chi connectivity index (χ4n) is 1.83. The van der Waals surface area contributed by atoms with Crippen molar-refractivity contribution in [2.45, 2.75) is 59.5 Å². The Morgan fingerprint density at radius 2 is 1.88 bits per heavy atom. The Balaban J connectivity index is 3.11. The van der Waals surface area contributed by atoms with Gasteiger partial charge in [-0.15, -0.1) is 0 Å². The summed E-state index contributed by atoms with van der Waals surface area (Å²) in [6.45, 7) is 12.9. The first kappa shape index (κ1) is 13.2. The summed E-state index contributed by atoms with van der Waals surface area (Å²) in [6.07, 6.45) is 1.02. The maximum Gasteiger partial charge on any atom is 0.0630 e. The second-order valence-corrected chi connectivity index (χ2v) is 6.03. The van der Waals surface area contributed by atoms with Crippen molar-refractivity contribution in [1.29, 1.82) is 0 Å². The molecule has 3 nitrogen and oxygen atoms in total. The summed E-state index contributed by atoms with van der Waals surface area (Å²) in [5.74, 6) is 0.629. The Labute approximate surface area is 99.0 Å². The summed E-state index contributed by atoms with van der Waals surface area (Å²) in [5, 5.41) is 4.68. The van der Waals surface area contributed by atoms with Crippen LogP contribution in [0.1, 0.15) is 59.0 Å². The summed E-state index contributed by atoms with van der Waals surface area (Å²) in [5.41, 5.74) is 8.27. The summed E-state index contributed by atoms with van der Waals surface area (Å²) >= 11 is 0. The molecule has 16 heavy (non-hydrogen) atoms. The second kappa shape index (κ2) is 4.58. The van der Waals surface area contributed by atoms with E-state index in [9.17, 15) is 0 Å². The first-order valence-electron chi connectivity index (χ1n) is 6.06. The van der Waals surface area contributed by atoms with E-state index in [1.807, 2.05) is 6.92 Å². The van der Waals surface area contributed by atoms with Crippen LogP contribution in [0.25, 0.3) is 0 Å². The van der Waals surface area contributed by atoms with Gasteiger partial charge in [0.05, 0.1) is 16.9 Å². The fourth-order valence-corrected chi connectivity index (χ4v) is 1.83. The number of nitrogens with two attached hydrogens (primary N) is 1. The molecule has 2 N–H and O–H groups in total. The molecule has 1 aromatic heterocycles. The van der Waals surface area contributed by atoms with Crippen LogP contribution in [0, 0.1) is 5.92 Å². The average molecular weight is 223 g/mol. The maximum absolute atomic E-state index is 5.99.